The number of hydrogen-bond donors (Lipinski definition) is 0. The number of piperazine rings is 1. The molecule has 130 valence electrons. The molecule has 0 radical (unpaired) electrons. The third kappa shape index (κ3) is 3.71. The van der Waals surface area contributed by atoms with Crippen LogP contribution in [0.25, 0.3) is 0 Å². The first kappa shape index (κ1) is 16.2. The molecule has 0 N–H and O–H groups in total. The predicted octanol–water partition coefficient (Wildman–Crippen LogP) is 2.67. The summed E-state index contributed by atoms with van der Waals surface area (Å²) in [5.74, 6) is 0.371. The Morgan fingerprint density at radius 2 is 1.84 bits per heavy atom. The molecule has 2 fully saturated rings. The summed E-state index contributed by atoms with van der Waals surface area (Å²) in [7, 11) is 0. The molecule has 5 heteroatoms. The second kappa shape index (κ2) is 6.92. The van der Waals surface area contributed by atoms with Crippen LogP contribution in [0.3, 0.4) is 0 Å². The number of carbonyl (C=O) groups is 1. The van der Waals surface area contributed by atoms with Crippen LogP contribution in [-0.4, -0.2) is 46.9 Å². The monoisotopic (exact) mass is 339 g/mol. The van der Waals surface area contributed by atoms with Crippen LogP contribution in [0.5, 0.6) is 0 Å². The van der Waals surface area contributed by atoms with E-state index in [4.69, 9.17) is 0 Å². The Morgan fingerprint density at radius 3 is 2.52 bits per heavy atom. The quantitative estimate of drug-likeness (QED) is 0.859. The molecule has 1 amide bonds. The van der Waals surface area contributed by atoms with Crippen LogP contribution in [0.2, 0.25) is 0 Å². The van der Waals surface area contributed by atoms with Crippen molar-refractivity contribution in [3.05, 3.63) is 65.7 Å². The maximum Gasteiger partial charge on any atom is 0.226 e. The van der Waals surface area contributed by atoms with Gasteiger partial charge in [-0.15, -0.1) is 0 Å². The largest absolute Gasteiger partial charge is 0.340 e. The van der Waals surface area contributed by atoms with Crippen molar-refractivity contribution in [3.8, 4) is 0 Å². The minimum atomic E-state index is -0.226. The lowest BCUT2D eigenvalue weighted by Crippen LogP contribution is -2.48. The number of aromatic nitrogens is 1. The molecule has 0 unspecified atom stereocenters. The highest BCUT2D eigenvalue weighted by molar-refractivity contribution is 5.83. The van der Waals surface area contributed by atoms with E-state index in [1.807, 2.05) is 29.3 Å². The van der Waals surface area contributed by atoms with Crippen molar-refractivity contribution in [2.75, 3.05) is 26.2 Å². The van der Waals surface area contributed by atoms with Gasteiger partial charge in [0.05, 0.1) is 5.69 Å². The topological polar surface area (TPSA) is 36.4 Å². The molecule has 1 aliphatic carbocycles. The van der Waals surface area contributed by atoms with Gasteiger partial charge in [-0.25, -0.2) is 4.39 Å². The van der Waals surface area contributed by atoms with E-state index >= 15 is 0 Å². The van der Waals surface area contributed by atoms with Crippen molar-refractivity contribution in [2.24, 2.45) is 5.92 Å². The summed E-state index contributed by atoms with van der Waals surface area (Å²) in [6.07, 6.45) is 2.70. The van der Waals surface area contributed by atoms with E-state index in [2.05, 4.69) is 9.88 Å². The molecule has 1 aromatic heterocycles. The van der Waals surface area contributed by atoms with Crippen molar-refractivity contribution in [1.29, 1.82) is 0 Å². The van der Waals surface area contributed by atoms with Crippen LogP contribution in [0.4, 0.5) is 4.39 Å². The van der Waals surface area contributed by atoms with Crippen molar-refractivity contribution in [2.45, 2.75) is 18.9 Å². The number of halogens is 1. The van der Waals surface area contributed by atoms with Gasteiger partial charge in [-0.1, -0.05) is 18.2 Å². The first-order chi connectivity index (χ1) is 12.2. The Bertz CT molecular complexity index is 726. The Hall–Kier alpha value is -2.27. The van der Waals surface area contributed by atoms with Crippen LogP contribution in [-0.2, 0) is 11.3 Å². The van der Waals surface area contributed by atoms with E-state index in [1.165, 1.54) is 12.1 Å². The molecule has 0 spiro atoms. The Balaban J connectivity index is 1.28. The Labute approximate surface area is 147 Å². The molecule has 1 aliphatic heterocycles. The molecule has 4 nitrogen and oxygen atoms in total. The number of benzene rings is 1. The van der Waals surface area contributed by atoms with Gasteiger partial charge in [0, 0.05) is 44.8 Å². The van der Waals surface area contributed by atoms with Gasteiger partial charge in [0.15, 0.2) is 0 Å². The maximum absolute atomic E-state index is 13.0. The van der Waals surface area contributed by atoms with E-state index in [-0.39, 0.29) is 23.6 Å². The van der Waals surface area contributed by atoms with E-state index in [1.54, 1.807) is 12.1 Å². The molecule has 4 rings (SSSR count). The minimum Gasteiger partial charge on any atom is -0.340 e. The smallest absolute Gasteiger partial charge is 0.226 e. The van der Waals surface area contributed by atoms with Crippen molar-refractivity contribution in [1.82, 2.24) is 14.8 Å². The first-order valence-corrected chi connectivity index (χ1v) is 8.87. The van der Waals surface area contributed by atoms with Crippen LogP contribution in [0, 0.1) is 11.7 Å². The van der Waals surface area contributed by atoms with E-state index in [9.17, 15) is 9.18 Å². The standard InChI is InChI=1S/C20H22FN3O/c21-16-6-4-15(5-7-16)18-13-19(18)20(25)24-11-9-23(10-12-24)14-17-3-1-2-8-22-17/h1-8,18-19H,9-14H2/t18-,19+/m0/s1. The number of rotatable bonds is 4. The second-order valence-corrected chi connectivity index (χ2v) is 6.92. The van der Waals surface area contributed by atoms with Crippen molar-refractivity contribution < 1.29 is 9.18 Å². The predicted molar refractivity (Wildman–Crippen MR) is 93.3 cm³/mol. The van der Waals surface area contributed by atoms with E-state index < -0.39 is 0 Å². The number of hydrogen-bond acceptors (Lipinski definition) is 3. The summed E-state index contributed by atoms with van der Waals surface area (Å²) in [5.41, 5.74) is 2.15. The van der Waals surface area contributed by atoms with Crippen LogP contribution in [0.15, 0.2) is 48.7 Å². The highest BCUT2D eigenvalue weighted by atomic mass is 19.1. The summed E-state index contributed by atoms with van der Waals surface area (Å²) in [6, 6.07) is 12.5. The fourth-order valence-corrected chi connectivity index (χ4v) is 3.63. The molecule has 25 heavy (non-hydrogen) atoms. The molecular formula is C20H22FN3O. The molecule has 2 aliphatic rings. The third-order valence-corrected chi connectivity index (χ3v) is 5.20. The minimum absolute atomic E-state index is 0.0767. The SMILES string of the molecule is O=C([C@@H]1C[C@H]1c1ccc(F)cc1)N1CCN(Cc2ccccn2)CC1. The second-order valence-electron chi connectivity index (χ2n) is 6.92. The lowest BCUT2D eigenvalue weighted by Gasteiger charge is -2.34. The molecule has 1 aromatic carbocycles. The number of amides is 1. The van der Waals surface area contributed by atoms with Crippen LogP contribution in [0.1, 0.15) is 23.6 Å². The zero-order chi connectivity index (χ0) is 17.2. The normalized spacial score (nSPS) is 23.5. The van der Waals surface area contributed by atoms with E-state index in [0.717, 1.165) is 50.4 Å². The van der Waals surface area contributed by atoms with Gasteiger partial charge in [0.25, 0.3) is 0 Å². The molecule has 1 saturated carbocycles. The number of nitrogens with zero attached hydrogens (tertiary/aromatic N) is 3. The number of carbonyl (C=O) groups excluding carboxylic acids is 1. The molecular weight excluding hydrogens is 317 g/mol. The Morgan fingerprint density at radius 1 is 1.08 bits per heavy atom. The van der Waals surface area contributed by atoms with Gasteiger partial charge < -0.3 is 4.90 Å². The summed E-state index contributed by atoms with van der Waals surface area (Å²) >= 11 is 0. The molecule has 0 bridgehead atoms. The zero-order valence-corrected chi connectivity index (χ0v) is 14.1. The lowest BCUT2D eigenvalue weighted by atomic mass is 10.1. The summed E-state index contributed by atoms with van der Waals surface area (Å²) in [6.45, 7) is 4.16. The summed E-state index contributed by atoms with van der Waals surface area (Å²) < 4.78 is 13.0. The molecule has 2 atom stereocenters. The fourth-order valence-electron chi connectivity index (χ4n) is 3.63. The average molecular weight is 339 g/mol. The average Bonchev–Trinajstić information content (AvgIpc) is 3.44. The summed E-state index contributed by atoms with van der Waals surface area (Å²) in [5, 5.41) is 0. The molecule has 2 heterocycles. The van der Waals surface area contributed by atoms with Gasteiger partial charge in [-0.3, -0.25) is 14.7 Å². The van der Waals surface area contributed by atoms with Gasteiger partial charge in [0.1, 0.15) is 5.82 Å². The van der Waals surface area contributed by atoms with Crippen molar-refractivity contribution >= 4 is 5.91 Å². The van der Waals surface area contributed by atoms with Gasteiger partial charge in [-0.05, 0) is 42.2 Å². The van der Waals surface area contributed by atoms with Crippen molar-refractivity contribution in [3.63, 3.8) is 0 Å². The third-order valence-electron chi connectivity index (χ3n) is 5.20. The molecule has 1 saturated heterocycles. The van der Waals surface area contributed by atoms with Gasteiger partial charge in [-0.2, -0.15) is 0 Å². The van der Waals surface area contributed by atoms with Gasteiger partial charge >= 0.3 is 0 Å². The maximum atomic E-state index is 13.0. The first-order valence-electron chi connectivity index (χ1n) is 8.87. The van der Waals surface area contributed by atoms with Gasteiger partial charge in [0.2, 0.25) is 5.91 Å². The highest BCUT2D eigenvalue weighted by Crippen LogP contribution is 2.48. The van der Waals surface area contributed by atoms with Crippen LogP contribution >= 0.6 is 0 Å². The lowest BCUT2D eigenvalue weighted by molar-refractivity contribution is -0.134. The Kier molecular flexibility index (Phi) is 4.49. The fraction of sp³-hybridized carbons (Fsp3) is 0.400. The number of pyridine rings is 1. The van der Waals surface area contributed by atoms with E-state index in [0.29, 0.717) is 0 Å². The van der Waals surface area contributed by atoms with Crippen LogP contribution < -0.4 is 0 Å². The highest BCUT2D eigenvalue weighted by Gasteiger charge is 2.46. The molecule has 2 aromatic rings. The summed E-state index contributed by atoms with van der Waals surface area (Å²) in [4.78, 5) is 21.4. The zero-order valence-electron chi connectivity index (χ0n) is 14.1.